The highest BCUT2D eigenvalue weighted by Crippen LogP contribution is 2.24. The molecule has 0 fully saturated rings. The molecule has 2 amide bonds. The summed E-state index contributed by atoms with van der Waals surface area (Å²) in [5, 5.41) is 2.70. The molecular weight excluding hydrogens is 422 g/mol. The Labute approximate surface area is 182 Å². The first-order chi connectivity index (χ1) is 14.1. The Kier molecular flexibility index (Phi) is 8.05. The maximum absolute atomic E-state index is 12.8. The van der Waals surface area contributed by atoms with Crippen LogP contribution in [0.5, 0.6) is 0 Å². The molecule has 0 bridgehead atoms. The van der Waals surface area contributed by atoms with Gasteiger partial charge in [-0.25, -0.2) is 8.42 Å². The van der Waals surface area contributed by atoms with E-state index >= 15 is 0 Å². The molecule has 2 aromatic carbocycles. The maximum Gasteiger partial charge on any atom is 0.285 e. The molecule has 0 atom stereocenters. The average molecular weight is 450 g/mol. The van der Waals surface area contributed by atoms with Gasteiger partial charge < -0.3 is 10.2 Å². The van der Waals surface area contributed by atoms with Crippen molar-refractivity contribution in [1.29, 1.82) is 0 Å². The summed E-state index contributed by atoms with van der Waals surface area (Å²) in [6.45, 7) is 6.02. The molecular formula is C21H27N3O4S2. The van der Waals surface area contributed by atoms with Crippen molar-refractivity contribution in [1.82, 2.24) is 9.21 Å². The second-order valence-electron chi connectivity index (χ2n) is 6.81. The molecule has 0 saturated carbocycles. The summed E-state index contributed by atoms with van der Waals surface area (Å²) in [6, 6.07) is 11.5. The van der Waals surface area contributed by atoms with Crippen molar-refractivity contribution in [3.8, 4) is 0 Å². The van der Waals surface area contributed by atoms with Crippen LogP contribution in [0.3, 0.4) is 0 Å². The number of amides is 2. The van der Waals surface area contributed by atoms with E-state index in [-0.39, 0.29) is 10.1 Å². The SMILES string of the molecule is CCN(CC)S(=O)(=O)c1ccc(C)c(C(=O)Nc2ccc(SC(=O)N(C)C)cc2)c1. The third kappa shape index (κ3) is 5.62. The van der Waals surface area contributed by atoms with E-state index in [9.17, 15) is 18.0 Å². The monoisotopic (exact) mass is 449 g/mol. The third-order valence-electron chi connectivity index (χ3n) is 4.48. The first-order valence-corrected chi connectivity index (χ1v) is 11.8. The molecule has 0 aromatic heterocycles. The molecule has 0 unspecified atom stereocenters. The summed E-state index contributed by atoms with van der Waals surface area (Å²) in [5.74, 6) is -0.395. The summed E-state index contributed by atoms with van der Waals surface area (Å²) in [5.41, 5.74) is 1.53. The van der Waals surface area contributed by atoms with Crippen molar-refractivity contribution in [2.75, 3.05) is 32.5 Å². The highest BCUT2D eigenvalue weighted by atomic mass is 32.2. The van der Waals surface area contributed by atoms with E-state index in [1.807, 2.05) is 0 Å². The summed E-state index contributed by atoms with van der Waals surface area (Å²) in [7, 11) is -0.294. The fourth-order valence-corrected chi connectivity index (χ4v) is 4.86. The highest BCUT2D eigenvalue weighted by Gasteiger charge is 2.23. The number of sulfonamides is 1. The normalized spacial score (nSPS) is 11.4. The van der Waals surface area contributed by atoms with Crippen LogP contribution in [0.15, 0.2) is 52.3 Å². The lowest BCUT2D eigenvalue weighted by Gasteiger charge is -2.19. The number of nitrogens with one attached hydrogen (secondary N) is 1. The Morgan fingerprint density at radius 3 is 2.13 bits per heavy atom. The molecule has 0 aliphatic heterocycles. The van der Waals surface area contributed by atoms with Crippen molar-refractivity contribution >= 4 is 38.6 Å². The minimum Gasteiger partial charge on any atom is -0.339 e. The zero-order valence-electron chi connectivity index (χ0n) is 17.8. The van der Waals surface area contributed by atoms with Crippen molar-refractivity contribution in [3.05, 3.63) is 53.6 Å². The number of thioether (sulfide) groups is 1. The van der Waals surface area contributed by atoms with Crippen LogP contribution in [0, 0.1) is 6.92 Å². The van der Waals surface area contributed by atoms with Gasteiger partial charge in [-0.05, 0) is 60.6 Å². The molecule has 0 radical (unpaired) electrons. The van der Waals surface area contributed by atoms with Crippen LogP contribution in [0.25, 0.3) is 0 Å². The van der Waals surface area contributed by atoms with Gasteiger partial charge in [-0.1, -0.05) is 19.9 Å². The van der Waals surface area contributed by atoms with E-state index in [0.29, 0.717) is 29.9 Å². The van der Waals surface area contributed by atoms with Gasteiger partial charge in [0.15, 0.2) is 0 Å². The molecule has 9 heteroatoms. The van der Waals surface area contributed by atoms with Crippen LogP contribution in [0.1, 0.15) is 29.8 Å². The molecule has 0 heterocycles. The number of rotatable bonds is 7. The Balaban J connectivity index is 2.22. The lowest BCUT2D eigenvalue weighted by molar-refractivity contribution is 0.102. The van der Waals surface area contributed by atoms with Crippen molar-refractivity contribution in [2.45, 2.75) is 30.6 Å². The zero-order chi connectivity index (χ0) is 22.5. The number of hydrogen-bond acceptors (Lipinski definition) is 5. The molecule has 0 aliphatic rings. The van der Waals surface area contributed by atoms with Gasteiger partial charge in [0.1, 0.15) is 0 Å². The fraction of sp³-hybridized carbons (Fsp3) is 0.333. The minimum absolute atomic E-state index is 0.0892. The van der Waals surface area contributed by atoms with Crippen LogP contribution >= 0.6 is 11.8 Å². The number of hydrogen-bond donors (Lipinski definition) is 1. The largest absolute Gasteiger partial charge is 0.339 e. The predicted octanol–water partition coefficient (Wildman–Crippen LogP) is 4.05. The van der Waals surface area contributed by atoms with Crippen LogP contribution in [0.2, 0.25) is 0 Å². The predicted molar refractivity (Wildman–Crippen MR) is 121 cm³/mol. The van der Waals surface area contributed by atoms with E-state index < -0.39 is 15.9 Å². The minimum atomic E-state index is -3.66. The number of anilines is 1. The molecule has 162 valence electrons. The number of carbonyl (C=O) groups is 2. The van der Waals surface area contributed by atoms with Gasteiger partial charge in [0.2, 0.25) is 10.0 Å². The molecule has 0 saturated heterocycles. The molecule has 2 rings (SSSR count). The Hall–Kier alpha value is -2.36. The van der Waals surface area contributed by atoms with E-state index in [1.54, 1.807) is 65.2 Å². The van der Waals surface area contributed by atoms with Gasteiger partial charge in [0.25, 0.3) is 11.1 Å². The molecule has 2 aromatic rings. The first-order valence-electron chi connectivity index (χ1n) is 9.51. The van der Waals surface area contributed by atoms with Crippen LogP contribution in [0.4, 0.5) is 10.5 Å². The summed E-state index contributed by atoms with van der Waals surface area (Å²) in [6.07, 6.45) is 0. The smallest absolute Gasteiger partial charge is 0.285 e. The fourth-order valence-electron chi connectivity index (χ4n) is 2.72. The molecule has 7 nitrogen and oxygen atoms in total. The van der Waals surface area contributed by atoms with E-state index in [1.165, 1.54) is 21.3 Å². The second-order valence-corrected chi connectivity index (χ2v) is 9.77. The van der Waals surface area contributed by atoms with Crippen molar-refractivity contribution < 1.29 is 18.0 Å². The summed E-state index contributed by atoms with van der Waals surface area (Å²) < 4.78 is 26.9. The number of benzene rings is 2. The average Bonchev–Trinajstić information content (AvgIpc) is 2.70. The molecule has 0 spiro atoms. The van der Waals surface area contributed by atoms with Crippen molar-refractivity contribution in [2.24, 2.45) is 0 Å². The van der Waals surface area contributed by atoms with Gasteiger partial charge >= 0.3 is 0 Å². The quantitative estimate of drug-likeness (QED) is 0.645. The summed E-state index contributed by atoms with van der Waals surface area (Å²) >= 11 is 1.09. The van der Waals surface area contributed by atoms with E-state index in [0.717, 1.165) is 16.7 Å². The lowest BCUT2D eigenvalue weighted by Crippen LogP contribution is -2.30. The number of aryl methyl sites for hydroxylation is 1. The van der Waals surface area contributed by atoms with Gasteiger partial charge in [-0.2, -0.15) is 4.31 Å². The van der Waals surface area contributed by atoms with Gasteiger partial charge in [-0.3, -0.25) is 9.59 Å². The Morgan fingerprint density at radius 2 is 1.60 bits per heavy atom. The zero-order valence-corrected chi connectivity index (χ0v) is 19.4. The van der Waals surface area contributed by atoms with Gasteiger partial charge in [-0.15, -0.1) is 0 Å². The van der Waals surface area contributed by atoms with E-state index in [2.05, 4.69) is 5.32 Å². The van der Waals surface area contributed by atoms with Crippen LogP contribution in [-0.2, 0) is 10.0 Å². The lowest BCUT2D eigenvalue weighted by atomic mass is 10.1. The Morgan fingerprint density at radius 1 is 1.00 bits per heavy atom. The first kappa shape index (κ1) is 23.9. The van der Waals surface area contributed by atoms with Crippen LogP contribution < -0.4 is 5.32 Å². The van der Waals surface area contributed by atoms with Gasteiger partial charge in [0.05, 0.1) is 4.90 Å². The van der Waals surface area contributed by atoms with Gasteiger partial charge in [0, 0.05) is 43.3 Å². The number of carbonyl (C=O) groups excluding carboxylic acids is 2. The summed E-state index contributed by atoms with van der Waals surface area (Å²) in [4.78, 5) is 26.9. The second kappa shape index (κ2) is 10.1. The molecule has 0 aliphatic carbocycles. The topological polar surface area (TPSA) is 86.8 Å². The number of nitrogens with zero attached hydrogens (tertiary/aromatic N) is 2. The highest BCUT2D eigenvalue weighted by molar-refractivity contribution is 8.13. The standard InChI is InChI=1S/C21H27N3O4S2/c1-6-24(7-2)30(27,28)18-13-8-15(3)19(14-18)20(25)22-16-9-11-17(12-10-16)29-21(26)23(4)5/h8-14H,6-7H2,1-5H3,(H,22,25). The Bertz CT molecular complexity index is 1020. The van der Waals surface area contributed by atoms with Crippen molar-refractivity contribution in [3.63, 3.8) is 0 Å². The molecule has 30 heavy (non-hydrogen) atoms. The molecule has 1 N–H and O–H groups in total. The van der Waals surface area contributed by atoms with Crippen LogP contribution in [-0.4, -0.2) is 56.0 Å². The maximum atomic E-state index is 12.8. The third-order valence-corrected chi connectivity index (χ3v) is 7.57. The van der Waals surface area contributed by atoms with E-state index in [4.69, 9.17) is 0 Å².